The van der Waals surface area contributed by atoms with Crippen LogP contribution in [-0.2, 0) is 6.42 Å². The SMILES string of the molecule is O=C(N[C@@H]1CCCc2c1cnn2-c1ccc(F)cc1F)c1c(F)cccc1Cl. The fraction of sp³-hybridized carbons (Fsp3) is 0.200. The van der Waals surface area contributed by atoms with E-state index < -0.39 is 29.4 Å². The molecule has 2 aromatic carbocycles. The predicted octanol–water partition coefficient (Wildman–Crippen LogP) is 4.75. The summed E-state index contributed by atoms with van der Waals surface area (Å²) in [6, 6.07) is 6.90. The van der Waals surface area contributed by atoms with Crippen LogP contribution in [-0.4, -0.2) is 15.7 Å². The number of fused-ring (bicyclic) bond motifs is 1. The van der Waals surface area contributed by atoms with Gasteiger partial charge in [-0.05, 0) is 43.5 Å². The van der Waals surface area contributed by atoms with Crippen LogP contribution in [0, 0.1) is 17.5 Å². The highest BCUT2D eigenvalue weighted by atomic mass is 35.5. The Morgan fingerprint density at radius 2 is 2.00 bits per heavy atom. The standard InChI is InChI=1S/C20H15ClF3N3O/c21-13-3-1-4-14(23)19(13)20(28)26-16-5-2-6-17-12(16)10-25-27(17)18-8-7-11(22)9-15(18)24/h1,3-4,7-10,16H,2,5-6H2,(H,26,28)/t16-/m1/s1. The summed E-state index contributed by atoms with van der Waals surface area (Å²) in [5, 5.41) is 7.04. The molecular formula is C20H15ClF3N3O. The first-order valence-electron chi connectivity index (χ1n) is 8.73. The summed E-state index contributed by atoms with van der Waals surface area (Å²) in [6.45, 7) is 0. The lowest BCUT2D eigenvalue weighted by atomic mass is 9.92. The van der Waals surface area contributed by atoms with Gasteiger partial charge in [0.05, 0.1) is 22.8 Å². The zero-order valence-electron chi connectivity index (χ0n) is 14.6. The number of carbonyl (C=O) groups excluding carboxylic acids is 1. The van der Waals surface area contributed by atoms with Crippen LogP contribution in [0.1, 0.15) is 40.5 Å². The normalized spacial score (nSPS) is 15.9. The Balaban J connectivity index is 1.65. The molecule has 0 aliphatic heterocycles. The van der Waals surface area contributed by atoms with Gasteiger partial charge in [-0.2, -0.15) is 5.10 Å². The number of aromatic nitrogens is 2. The smallest absolute Gasteiger partial charge is 0.256 e. The van der Waals surface area contributed by atoms with Gasteiger partial charge in [0.2, 0.25) is 0 Å². The van der Waals surface area contributed by atoms with Gasteiger partial charge in [0.1, 0.15) is 17.3 Å². The van der Waals surface area contributed by atoms with Crippen molar-refractivity contribution in [2.75, 3.05) is 0 Å². The van der Waals surface area contributed by atoms with E-state index in [1.165, 1.54) is 28.9 Å². The van der Waals surface area contributed by atoms with Crippen LogP contribution < -0.4 is 5.32 Å². The first-order valence-corrected chi connectivity index (χ1v) is 9.10. The van der Waals surface area contributed by atoms with E-state index in [0.29, 0.717) is 12.8 Å². The molecule has 8 heteroatoms. The summed E-state index contributed by atoms with van der Waals surface area (Å²) < 4.78 is 42.8. The largest absolute Gasteiger partial charge is 0.345 e. The van der Waals surface area contributed by atoms with Crippen molar-refractivity contribution in [3.05, 3.63) is 81.9 Å². The topological polar surface area (TPSA) is 46.9 Å². The second-order valence-corrected chi connectivity index (χ2v) is 6.98. The fourth-order valence-electron chi connectivity index (χ4n) is 3.51. The predicted molar refractivity (Wildman–Crippen MR) is 98.0 cm³/mol. The maximum absolute atomic E-state index is 14.2. The molecule has 1 aliphatic rings. The molecule has 0 radical (unpaired) electrons. The molecule has 0 unspecified atom stereocenters. The Bertz CT molecular complexity index is 1050. The second kappa shape index (κ2) is 7.31. The number of carbonyl (C=O) groups is 1. The average Bonchev–Trinajstić information content (AvgIpc) is 3.06. The van der Waals surface area contributed by atoms with E-state index in [2.05, 4.69) is 10.4 Å². The first kappa shape index (κ1) is 18.6. The van der Waals surface area contributed by atoms with E-state index >= 15 is 0 Å². The molecule has 0 spiro atoms. The third-order valence-corrected chi connectivity index (χ3v) is 5.13. The zero-order valence-corrected chi connectivity index (χ0v) is 15.3. The molecule has 1 N–H and O–H groups in total. The summed E-state index contributed by atoms with van der Waals surface area (Å²) in [5.74, 6) is -2.73. The van der Waals surface area contributed by atoms with Crippen LogP contribution in [0.25, 0.3) is 5.69 Å². The Kier molecular flexibility index (Phi) is 4.85. The van der Waals surface area contributed by atoms with Crippen molar-refractivity contribution in [2.24, 2.45) is 0 Å². The molecule has 1 atom stereocenters. The quantitative estimate of drug-likeness (QED) is 0.683. The maximum atomic E-state index is 14.2. The third kappa shape index (κ3) is 3.26. The van der Waals surface area contributed by atoms with Crippen LogP contribution >= 0.6 is 11.6 Å². The van der Waals surface area contributed by atoms with Crippen LogP contribution in [0.2, 0.25) is 5.02 Å². The first-order chi connectivity index (χ1) is 13.5. The monoisotopic (exact) mass is 405 g/mol. The van der Waals surface area contributed by atoms with Gasteiger partial charge >= 0.3 is 0 Å². The number of amides is 1. The van der Waals surface area contributed by atoms with E-state index in [4.69, 9.17) is 11.6 Å². The Labute approximate surface area is 163 Å². The van der Waals surface area contributed by atoms with E-state index in [1.54, 1.807) is 6.20 Å². The lowest BCUT2D eigenvalue weighted by Crippen LogP contribution is -2.31. The van der Waals surface area contributed by atoms with Crippen LogP contribution in [0.15, 0.2) is 42.6 Å². The molecule has 1 aliphatic carbocycles. The third-order valence-electron chi connectivity index (χ3n) is 4.82. The zero-order chi connectivity index (χ0) is 19.8. The Morgan fingerprint density at radius 1 is 1.18 bits per heavy atom. The number of nitrogens with zero attached hydrogens (tertiary/aromatic N) is 2. The maximum Gasteiger partial charge on any atom is 0.256 e. The molecule has 0 bridgehead atoms. The van der Waals surface area contributed by atoms with Gasteiger partial charge in [-0.3, -0.25) is 4.79 Å². The summed E-state index contributed by atoms with van der Waals surface area (Å²) >= 11 is 5.97. The molecule has 3 aromatic rings. The van der Waals surface area contributed by atoms with Crippen molar-refractivity contribution in [3.8, 4) is 5.69 Å². The van der Waals surface area contributed by atoms with E-state index in [1.807, 2.05) is 0 Å². The van der Waals surface area contributed by atoms with E-state index in [0.717, 1.165) is 29.8 Å². The van der Waals surface area contributed by atoms with Crippen molar-refractivity contribution in [3.63, 3.8) is 0 Å². The molecule has 4 nitrogen and oxygen atoms in total. The van der Waals surface area contributed by atoms with Gasteiger partial charge in [0, 0.05) is 17.3 Å². The summed E-state index contributed by atoms with van der Waals surface area (Å²) in [7, 11) is 0. The van der Waals surface area contributed by atoms with Crippen LogP contribution in [0.3, 0.4) is 0 Å². The molecule has 28 heavy (non-hydrogen) atoms. The number of halogens is 4. The fourth-order valence-corrected chi connectivity index (χ4v) is 3.76. The van der Waals surface area contributed by atoms with Crippen molar-refractivity contribution in [2.45, 2.75) is 25.3 Å². The highest BCUT2D eigenvalue weighted by molar-refractivity contribution is 6.33. The highest BCUT2D eigenvalue weighted by Gasteiger charge is 2.28. The lowest BCUT2D eigenvalue weighted by Gasteiger charge is -2.24. The minimum absolute atomic E-state index is 0.0256. The molecule has 0 saturated carbocycles. The Morgan fingerprint density at radius 3 is 2.75 bits per heavy atom. The van der Waals surface area contributed by atoms with Gasteiger partial charge in [-0.25, -0.2) is 17.9 Å². The minimum Gasteiger partial charge on any atom is -0.345 e. The summed E-state index contributed by atoms with van der Waals surface area (Å²) in [4.78, 5) is 12.6. The number of hydrogen-bond donors (Lipinski definition) is 1. The molecule has 4 rings (SSSR count). The van der Waals surface area contributed by atoms with Gasteiger partial charge in [0.25, 0.3) is 5.91 Å². The summed E-state index contributed by atoms with van der Waals surface area (Å²) in [6.07, 6.45) is 3.52. The lowest BCUT2D eigenvalue weighted by molar-refractivity contribution is 0.0928. The van der Waals surface area contributed by atoms with E-state index in [9.17, 15) is 18.0 Å². The molecule has 1 heterocycles. The molecular weight excluding hydrogens is 391 g/mol. The second-order valence-electron chi connectivity index (χ2n) is 6.57. The van der Waals surface area contributed by atoms with Gasteiger partial charge in [0.15, 0.2) is 5.82 Å². The van der Waals surface area contributed by atoms with Crippen LogP contribution in [0.5, 0.6) is 0 Å². The van der Waals surface area contributed by atoms with Gasteiger partial charge in [-0.15, -0.1) is 0 Å². The minimum atomic E-state index is -0.727. The number of rotatable bonds is 3. The van der Waals surface area contributed by atoms with Crippen molar-refractivity contribution in [1.29, 1.82) is 0 Å². The number of benzene rings is 2. The van der Waals surface area contributed by atoms with Gasteiger partial charge < -0.3 is 5.32 Å². The number of hydrogen-bond acceptors (Lipinski definition) is 2. The molecule has 1 amide bonds. The van der Waals surface area contributed by atoms with Gasteiger partial charge in [-0.1, -0.05) is 17.7 Å². The highest BCUT2D eigenvalue weighted by Crippen LogP contribution is 2.32. The van der Waals surface area contributed by atoms with Crippen LogP contribution in [0.4, 0.5) is 13.2 Å². The molecule has 144 valence electrons. The molecule has 0 saturated heterocycles. The number of nitrogens with one attached hydrogen (secondary N) is 1. The van der Waals surface area contributed by atoms with Crippen molar-refractivity contribution >= 4 is 17.5 Å². The van der Waals surface area contributed by atoms with Crippen molar-refractivity contribution in [1.82, 2.24) is 15.1 Å². The Hall–Kier alpha value is -2.80. The average molecular weight is 406 g/mol. The van der Waals surface area contributed by atoms with E-state index in [-0.39, 0.29) is 16.3 Å². The molecule has 0 fully saturated rings. The summed E-state index contributed by atoms with van der Waals surface area (Å²) in [5.41, 5.74) is 1.36. The molecule has 1 aromatic heterocycles. The van der Waals surface area contributed by atoms with Crippen molar-refractivity contribution < 1.29 is 18.0 Å².